The van der Waals surface area contributed by atoms with E-state index >= 15 is 0 Å². The summed E-state index contributed by atoms with van der Waals surface area (Å²) < 4.78 is 29.3. The summed E-state index contributed by atoms with van der Waals surface area (Å²) >= 11 is 1.64. The van der Waals surface area contributed by atoms with E-state index in [0.717, 1.165) is 10.5 Å². The number of hydrogen-bond donors (Lipinski definition) is 0. The van der Waals surface area contributed by atoms with Gasteiger partial charge >= 0.3 is 6.61 Å². The standard InChI is InChI=1S/C17H17F2NO2S/c1-20(11-12-7-9-13(23-2)10-8-12)16(21)14-5-3-4-6-15(14)22-17(18)19/h3-10,17H,11H2,1-2H3. The molecule has 0 heterocycles. The Kier molecular flexibility index (Phi) is 5.98. The number of thioether (sulfide) groups is 1. The van der Waals surface area contributed by atoms with Gasteiger partial charge in [0.15, 0.2) is 0 Å². The summed E-state index contributed by atoms with van der Waals surface area (Å²) in [5.41, 5.74) is 1.09. The van der Waals surface area contributed by atoms with Crippen LogP contribution in [0.25, 0.3) is 0 Å². The van der Waals surface area contributed by atoms with Crippen molar-refractivity contribution in [1.82, 2.24) is 4.90 Å². The molecule has 0 N–H and O–H groups in total. The predicted molar refractivity (Wildman–Crippen MR) is 87.1 cm³/mol. The van der Waals surface area contributed by atoms with E-state index in [4.69, 9.17) is 0 Å². The Morgan fingerprint density at radius 1 is 1.17 bits per heavy atom. The van der Waals surface area contributed by atoms with Crippen LogP contribution in [0.5, 0.6) is 5.75 Å². The maximum Gasteiger partial charge on any atom is 0.387 e. The Morgan fingerprint density at radius 3 is 2.43 bits per heavy atom. The van der Waals surface area contributed by atoms with Crippen LogP contribution in [0, 0.1) is 0 Å². The van der Waals surface area contributed by atoms with Crippen LogP contribution < -0.4 is 4.74 Å². The molecule has 3 nitrogen and oxygen atoms in total. The molecule has 0 aliphatic carbocycles. The average Bonchev–Trinajstić information content (AvgIpc) is 2.55. The van der Waals surface area contributed by atoms with Gasteiger partial charge in [0.05, 0.1) is 5.56 Å². The number of carbonyl (C=O) groups excluding carboxylic acids is 1. The quantitative estimate of drug-likeness (QED) is 0.737. The minimum absolute atomic E-state index is 0.114. The normalized spacial score (nSPS) is 10.7. The number of benzene rings is 2. The first kappa shape index (κ1) is 17.3. The van der Waals surface area contributed by atoms with Crippen molar-refractivity contribution < 1.29 is 18.3 Å². The molecule has 0 aliphatic heterocycles. The van der Waals surface area contributed by atoms with Gasteiger partial charge in [0, 0.05) is 18.5 Å². The second-order valence-corrected chi connectivity index (χ2v) is 5.76. The zero-order valence-corrected chi connectivity index (χ0v) is 13.6. The maximum atomic E-state index is 12.5. The fourth-order valence-corrected chi connectivity index (χ4v) is 2.53. The second-order valence-electron chi connectivity index (χ2n) is 4.88. The molecule has 1 amide bonds. The van der Waals surface area contributed by atoms with E-state index in [1.54, 1.807) is 30.9 Å². The molecule has 122 valence electrons. The fraction of sp³-hybridized carbons (Fsp3) is 0.235. The van der Waals surface area contributed by atoms with Crippen molar-refractivity contribution in [3.63, 3.8) is 0 Å². The van der Waals surface area contributed by atoms with E-state index in [0.29, 0.717) is 6.54 Å². The minimum Gasteiger partial charge on any atom is -0.434 e. The zero-order chi connectivity index (χ0) is 16.8. The lowest BCUT2D eigenvalue weighted by Gasteiger charge is -2.19. The molecule has 0 saturated carbocycles. The molecule has 0 saturated heterocycles. The van der Waals surface area contributed by atoms with Crippen molar-refractivity contribution in [1.29, 1.82) is 0 Å². The number of alkyl halides is 2. The summed E-state index contributed by atoms with van der Waals surface area (Å²) in [6.45, 7) is -2.58. The number of hydrogen-bond acceptors (Lipinski definition) is 3. The molecule has 0 spiro atoms. The van der Waals surface area contributed by atoms with E-state index in [-0.39, 0.29) is 17.2 Å². The van der Waals surface area contributed by atoms with Crippen LogP contribution in [-0.4, -0.2) is 30.7 Å². The van der Waals surface area contributed by atoms with Gasteiger partial charge in [0.2, 0.25) is 0 Å². The van der Waals surface area contributed by atoms with Gasteiger partial charge in [-0.2, -0.15) is 8.78 Å². The van der Waals surface area contributed by atoms with Crippen LogP contribution in [0.2, 0.25) is 0 Å². The molecule has 2 aromatic carbocycles. The Labute approximate surface area is 138 Å². The number of amides is 1. The molecule has 0 bridgehead atoms. The van der Waals surface area contributed by atoms with Gasteiger partial charge in [-0.15, -0.1) is 11.8 Å². The van der Waals surface area contributed by atoms with Gasteiger partial charge in [-0.25, -0.2) is 0 Å². The van der Waals surface area contributed by atoms with Gasteiger partial charge in [-0.3, -0.25) is 4.79 Å². The minimum atomic E-state index is -2.96. The zero-order valence-electron chi connectivity index (χ0n) is 12.8. The lowest BCUT2D eigenvalue weighted by Crippen LogP contribution is -2.27. The van der Waals surface area contributed by atoms with Crippen LogP contribution in [0.3, 0.4) is 0 Å². The molecular weight excluding hydrogens is 320 g/mol. The van der Waals surface area contributed by atoms with Crippen molar-refractivity contribution in [2.75, 3.05) is 13.3 Å². The molecule has 6 heteroatoms. The van der Waals surface area contributed by atoms with Gasteiger partial charge in [0.1, 0.15) is 5.75 Å². The lowest BCUT2D eigenvalue weighted by atomic mass is 10.1. The summed E-state index contributed by atoms with van der Waals surface area (Å²) in [6.07, 6.45) is 1.99. The van der Waals surface area contributed by atoms with E-state index < -0.39 is 6.61 Å². The topological polar surface area (TPSA) is 29.5 Å². The number of nitrogens with zero attached hydrogens (tertiary/aromatic N) is 1. The highest BCUT2D eigenvalue weighted by Crippen LogP contribution is 2.22. The van der Waals surface area contributed by atoms with Crippen LogP contribution in [-0.2, 0) is 6.54 Å². The van der Waals surface area contributed by atoms with Crippen molar-refractivity contribution in [3.05, 3.63) is 59.7 Å². The Bertz CT molecular complexity index is 662. The molecule has 0 unspecified atom stereocenters. The largest absolute Gasteiger partial charge is 0.434 e. The van der Waals surface area contributed by atoms with Crippen molar-refractivity contribution in [2.24, 2.45) is 0 Å². The molecule has 2 aromatic rings. The highest BCUT2D eigenvalue weighted by atomic mass is 32.2. The van der Waals surface area contributed by atoms with E-state index in [1.807, 2.05) is 30.5 Å². The first-order chi connectivity index (χ1) is 11.0. The average molecular weight is 337 g/mol. The summed E-state index contributed by atoms with van der Waals surface area (Å²) in [6, 6.07) is 13.9. The summed E-state index contributed by atoms with van der Waals surface area (Å²) in [4.78, 5) is 15.1. The van der Waals surface area contributed by atoms with Crippen LogP contribution in [0.15, 0.2) is 53.4 Å². The second kappa shape index (κ2) is 7.97. The monoisotopic (exact) mass is 337 g/mol. The number of ether oxygens (including phenoxy) is 1. The first-order valence-electron chi connectivity index (χ1n) is 6.93. The predicted octanol–water partition coefficient (Wildman–Crippen LogP) is 4.28. The van der Waals surface area contributed by atoms with E-state index in [2.05, 4.69) is 4.74 Å². The highest BCUT2D eigenvalue weighted by molar-refractivity contribution is 7.98. The van der Waals surface area contributed by atoms with E-state index in [9.17, 15) is 13.6 Å². The lowest BCUT2D eigenvalue weighted by molar-refractivity contribution is -0.0502. The van der Waals surface area contributed by atoms with Crippen LogP contribution in [0.1, 0.15) is 15.9 Å². The third-order valence-electron chi connectivity index (χ3n) is 3.26. The molecule has 0 aliphatic rings. The Morgan fingerprint density at radius 2 is 1.83 bits per heavy atom. The molecule has 23 heavy (non-hydrogen) atoms. The SMILES string of the molecule is CSc1ccc(CN(C)C(=O)c2ccccc2OC(F)F)cc1. The number of para-hydroxylation sites is 1. The van der Waals surface area contributed by atoms with Crippen molar-refractivity contribution >= 4 is 17.7 Å². The molecule has 0 radical (unpaired) electrons. The van der Waals surface area contributed by atoms with Gasteiger partial charge in [-0.1, -0.05) is 24.3 Å². The number of carbonyl (C=O) groups is 1. The Balaban J connectivity index is 2.12. The number of rotatable bonds is 6. The molecule has 0 atom stereocenters. The maximum absolute atomic E-state index is 12.5. The van der Waals surface area contributed by atoms with Crippen LogP contribution in [0.4, 0.5) is 8.78 Å². The molecular formula is C17H17F2NO2S. The summed E-state index contributed by atoms with van der Waals surface area (Å²) in [5.74, 6) is -0.479. The number of halogens is 2. The smallest absolute Gasteiger partial charge is 0.387 e. The molecule has 2 rings (SSSR count). The summed E-state index contributed by atoms with van der Waals surface area (Å²) in [7, 11) is 1.63. The van der Waals surface area contributed by atoms with Gasteiger partial charge in [0.25, 0.3) is 5.91 Å². The molecule has 0 fully saturated rings. The fourth-order valence-electron chi connectivity index (χ4n) is 2.12. The van der Waals surface area contributed by atoms with E-state index in [1.165, 1.54) is 17.0 Å². The van der Waals surface area contributed by atoms with Gasteiger partial charge in [-0.05, 0) is 36.1 Å². The summed E-state index contributed by atoms with van der Waals surface area (Å²) in [5, 5.41) is 0. The molecule has 0 aromatic heterocycles. The van der Waals surface area contributed by atoms with Gasteiger partial charge < -0.3 is 9.64 Å². The Hall–Kier alpha value is -2.08. The van der Waals surface area contributed by atoms with Crippen molar-refractivity contribution in [3.8, 4) is 5.75 Å². The van der Waals surface area contributed by atoms with Crippen LogP contribution >= 0.6 is 11.8 Å². The third kappa shape index (κ3) is 4.69. The third-order valence-corrected chi connectivity index (χ3v) is 4.00. The highest BCUT2D eigenvalue weighted by Gasteiger charge is 2.18. The van der Waals surface area contributed by atoms with Crippen molar-refractivity contribution in [2.45, 2.75) is 18.1 Å². The first-order valence-corrected chi connectivity index (χ1v) is 8.16.